The number of hydrogen-bond acceptors (Lipinski definition) is 3. The van der Waals surface area contributed by atoms with Gasteiger partial charge in [0.25, 0.3) is 0 Å². The van der Waals surface area contributed by atoms with Crippen molar-refractivity contribution in [3.05, 3.63) is 32.6 Å². The Morgan fingerprint density at radius 1 is 1.40 bits per heavy atom. The lowest BCUT2D eigenvalue weighted by Gasteiger charge is -2.04. The fraction of sp³-hybridized carbons (Fsp3) is 0.364. The van der Waals surface area contributed by atoms with E-state index in [1.165, 1.54) is 8.66 Å². The van der Waals surface area contributed by atoms with Gasteiger partial charge in [0.15, 0.2) is 5.78 Å². The molecule has 4 heteroatoms. The highest BCUT2D eigenvalue weighted by Crippen LogP contribution is 2.22. The van der Waals surface area contributed by atoms with Gasteiger partial charge in [0, 0.05) is 29.6 Å². The minimum atomic E-state index is 0.247. The van der Waals surface area contributed by atoms with Gasteiger partial charge in [-0.15, -0.1) is 11.3 Å². The van der Waals surface area contributed by atoms with Crippen molar-refractivity contribution in [3.63, 3.8) is 0 Å². The van der Waals surface area contributed by atoms with Crippen LogP contribution in [0.5, 0.6) is 0 Å². The van der Waals surface area contributed by atoms with Crippen molar-refractivity contribution in [2.24, 2.45) is 0 Å². The van der Waals surface area contributed by atoms with E-state index >= 15 is 0 Å². The van der Waals surface area contributed by atoms with Gasteiger partial charge in [-0.25, -0.2) is 0 Å². The summed E-state index contributed by atoms with van der Waals surface area (Å²) in [7, 11) is 0. The van der Waals surface area contributed by atoms with Gasteiger partial charge in [0.2, 0.25) is 0 Å². The number of hydrogen-bond donors (Lipinski definition) is 1. The average Bonchev–Trinajstić information content (AvgIpc) is 2.76. The lowest BCUT2D eigenvalue weighted by atomic mass is 10.3. The molecule has 0 aliphatic heterocycles. The van der Waals surface area contributed by atoms with Gasteiger partial charge in [0.05, 0.1) is 3.79 Å². The normalized spacial score (nSPS) is 15.5. The quantitative estimate of drug-likeness (QED) is 0.922. The van der Waals surface area contributed by atoms with Crippen molar-refractivity contribution in [3.8, 4) is 0 Å². The second kappa shape index (κ2) is 4.94. The Labute approximate surface area is 102 Å². The molecule has 0 fully saturated rings. The lowest BCUT2D eigenvalue weighted by Crippen LogP contribution is -2.14. The smallest absolute Gasteiger partial charge is 0.157 e. The number of ketones is 1. The van der Waals surface area contributed by atoms with E-state index in [2.05, 4.69) is 33.4 Å². The second-order valence-electron chi connectivity index (χ2n) is 3.52. The number of nitrogens with one attached hydrogen (secondary N) is 1. The fourth-order valence-corrected chi connectivity index (χ4v) is 3.05. The van der Waals surface area contributed by atoms with Crippen molar-refractivity contribution in [2.75, 3.05) is 6.54 Å². The molecular weight excluding hydrogens is 274 g/mol. The highest BCUT2D eigenvalue weighted by Gasteiger charge is 2.10. The van der Waals surface area contributed by atoms with Crippen LogP contribution >= 0.6 is 27.3 Å². The maximum absolute atomic E-state index is 11.0. The zero-order valence-corrected chi connectivity index (χ0v) is 10.7. The van der Waals surface area contributed by atoms with E-state index < -0.39 is 0 Å². The van der Waals surface area contributed by atoms with Crippen LogP contribution in [0.4, 0.5) is 0 Å². The maximum atomic E-state index is 11.0. The van der Waals surface area contributed by atoms with Crippen LogP contribution in [0.2, 0.25) is 0 Å². The van der Waals surface area contributed by atoms with Crippen molar-refractivity contribution in [1.29, 1.82) is 0 Å². The molecule has 0 unspecified atom stereocenters. The van der Waals surface area contributed by atoms with Crippen molar-refractivity contribution >= 4 is 33.0 Å². The third kappa shape index (κ3) is 3.18. The van der Waals surface area contributed by atoms with E-state index in [0.717, 1.165) is 25.1 Å². The van der Waals surface area contributed by atoms with Crippen LogP contribution in [-0.4, -0.2) is 12.3 Å². The molecule has 15 heavy (non-hydrogen) atoms. The fourth-order valence-electron chi connectivity index (χ4n) is 1.57. The van der Waals surface area contributed by atoms with Gasteiger partial charge >= 0.3 is 0 Å². The first-order valence-electron chi connectivity index (χ1n) is 4.95. The first-order valence-corrected chi connectivity index (χ1v) is 6.56. The zero-order valence-electron chi connectivity index (χ0n) is 8.25. The molecule has 0 saturated carbocycles. The van der Waals surface area contributed by atoms with Crippen LogP contribution in [-0.2, 0) is 11.2 Å². The molecule has 0 atom stereocenters. The molecule has 1 aromatic heterocycles. The van der Waals surface area contributed by atoms with E-state index in [1.54, 1.807) is 17.4 Å². The second-order valence-corrected chi connectivity index (χ2v) is 6.07. The molecule has 0 spiro atoms. The molecular formula is C11H12BrNOS. The monoisotopic (exact) mass is 285 g/mol. The highest BCUT2D eigenvalue weighted by molar-refractivity contribution is 9.11. The minimum Gasteiger partial charge on any atom is -0.388 e. The molecule has 2 nitrogen and oxygen atoms in total. The molecule has 0 bridgehead atoms. The van der Waals surface area contributed by atoms with Crippen LogP contribution in [0.15, 0.2) is 27.7 Å². The van der Waals surface area contributed by atoms with E-state index in [1.807, 2.05) is 0 Å². The summed E-state index contributed by atoms with van der Waals surface area (Å²) in [5, 5.41) is 3.30. The lowest BCUT2D eigenvalue weighted by molar-refractivity contribution is -0.114. The molecule has 0 aromatic carbocycles. The van der Waals surface area contributed by atoms with Crippen LogP contribution in [0.1, 0.15) is 17.7 Å². The third-order valence-electron chi connectivity index (χ3n) is 2.33. The summed E-state index contributed by atoms with van der Waals surface area (Å²) in [6, 6.07) is 4.20. The first-order chi connectivity index (χ1) is 7.24. The van der Waals surface area contributed by atoms with Gasteiger partial charge in [-0.2, -0.15) is 0 Å². The summed E-state index contributed by atoms with van der Waals surface area (Å²) in [6.45, 7) is 0.909. The summed E-state index contributed by atoms with van der Waals surface area (Å²) in [6.07, 6.45) is 4.30. The predicted molar refractivity (Wildman–Crippen MR) is 66.0 cm³/mol. The van der Waals surface area contributed by atoms with E-state index in [4.69, 9.17) is 0 Å². The molecule has 1 aliphatic carbocycles. The van der Waals surface area contributed by atoms with Gasteiger partial charge in [0.1, 0.15) is 0 Å². The Hall–Kier alpha value is -0.610. The van der Waals surface area contributed by atoms with Crippen LogP contribution in [0.25, 0.3) is 0 Å². The predicted octanol–water partition coefficient (Wildman–Crippen LogP) is 2.89. The molecule has 80 valence electrons. The molecule has 0 radical (unpaired) electrons. The maximum Gasteiger partial charge on any atom is 0.157 e. The number of halogens is 1. The van der Waals surface area contributed by atoms with Gasteiger partial charge in [-0.05, 0) is 40.9 Å². The van der Waals surface area contributed by atoms with E-state index in [9.17, 15) is 4.79 Å². The number of carbonyl (C=O) groups is 1. The first kappa shape index (κ1) is 10.9. The molecule has 1 N–H and O–H groups in total. The van der Waals surface area contributed by atoms with Crippen LogP contribution in [0.3, 0.4) is 0 Å². The van der Waals surface area contributed by atoms with Crippen molar-refractivity contribution < 1.29 is 4.79 Å². The summed E-state index contributed by atoms with van der Waals surface area (Å²) in [5.41, 5.74) is 1.09. The largest absolute Gasteiger partial charge is 0.388 e. The van der Waals surface area contributed by atoms with Gasteiger partial charge in [-0.3, -0.25) is 4.79 Å². The number of allylic oxidation sites excluding steroid dienone is 2. The highest BCUT2D eigenvalue weighted by atomic mass is 79.9. The summed E-state index contributed by atoms with van der Waals surface area (Å²) in [4.78, 5) is 12.3. The number of carbonyl (C=O) groups excluding carboxylic acids is 1. The summed E-state index contributed by atoms with van der Waals surface area (Å²) >= 11 is 5.20. The number of rotatable bonds is 4. The van der Waals surface area contributed by atoms with Crippen LogP contribution in [0, 0.1) is 0 Å². The summed E-state index contributed by atoms with van der Waals surface area (Å²) < 4.78 is 1.17. The van der Waals surface area contributed by atoms with E-state index in [-0.39, 0.29) is 5.78 Å². The average molecular weight is 286 g/mol. The standard InChI is InChI=1S/C11H12BrNOS/c12-11-4-3-10(15-11)5-6-13-8-1-2-9(14)7-8/h3-4,7,13H,1-2,5-6H2. The Morgan fingerprint density at radius 2 is 2.27 bits per heavy atom. The zero-order chi connectivity index (χ0) is 10.7. The molecule has 2 rings (SSSR count). The van der Waals surface area contributed by atoms with Gasteiger partial charge < -0.3 is 5.32 Å². The Kier molecular flexibility index (Phi) is 3.59. The van der Waals surface area contributed by atoms with E-state index in [0.29, 0.717) is 6.42 Å². The number of thiophene rings is 1. The molecule has 1 aromatic rings. The molecule has 0 amide bonds. The Morgan fingerprint density at radius 3 is 2.87 bits per heavy atom. The van der Waals surface area contributed by atoms with Crippen LogP contribution < -0.4 is 5.32 Å². The summed E-state index contributed by atoms with van der Waals surface area (Å²) in [5.74, 6) is 0.247. The SMILES string of the molecule is O=C1C=C(NCCc2ccc(Br)s2)CC1. The van der Waals surface area contributed by atoms with Crippen molar-refractivity contribution in [1.82, 2.24) is 5.32 Å². The van der Waals surface area contributed by atoms with Gasteiger partial charge in [-0.1, -0.05) is 0 Å². The Balaban J connectivity index is 1.75. The minimum absolute atomic E-state index is 0.247. The third-order valence-corrected chi connectivity index (χ3v) is 4.01. The molecule has 1 heterocycles. The van der Waals surface area contributed by atoms with Crippen molar-refractivity contribution in [2.45, 2.75) is 19.3 Å². The Bertz CT molecular complexity index is 397. The molecule has 0 saturated heterocycles. The molecule has 1 aliphatic rings. The topological polar surface area (TPSA) is 29.1 Å².